The lowest BCUT2D eigenvalue weighted by atomic mass is 9.80. The van der Waals surface area contributed by atoms with E-state index in [0.29, 0.717) is 0 Å². The van der Waals surface area contributed by atoms with Crippen molar-refractivity contribution in [3.05, 3.63) is 29.4 Å². The monoisotopic (exact) mass is 345 g/mol. The molecule has 2 aromatic rings. The van der Waals surface area contributed by atoms with Gasteiger partial charge in [-0.3, -0.25) is 0 Å². The summed E-state index contributed by atoms with van der Waals surface area (Å²) in [5, 5.41) is 9.27. The number of hydrogen-bond acceptors (Lipinski definition) is 7. The van der Waals surface area contributed by atoms with Crippen molar-refractivity contribution in [2.45, 2.75) is 19.8 Å². The zero-order valence-corrected chi connectivity index (χ0v) is 14.8. The average molecular weight is 345 g/mol. The minimum atomic E-state index is 0.131. The summed E-state index contributed by atoms with van der Waals surface area (Å²) in [7, 11) is 0. The molecule has 0 amide bonds. The van der Waals surface area contributed by atoms with Gasteiger partial charge in [-0.25, -0.2) is 4.98 Å². The molecule has 0 bridgehead atoms. The fraction of sp³-hybridized carbons (Fsp3) is 0.588. The first kappa shape index (κ1) is 15.8. The predicted octanol–water partition coefficient (Wildman–Crippen LogP) is 2.36. The summed E-state index contributed by atoms with van der Waals surface area (Å²) < 4.78 is 5.99. The molecule has 0 radical (unpaired) electrons. The SMILES string of the molecule is Cc1cccc(N2CCCC3(COCCN(c4nncs4)C3)C2)n1. The zero-order chi connectivity index (χ0) is 16.4. The van der Waals surface area contributed by atoms with Crippen molar-refractivity contribution in [2.24, 2.45) is 5.41 Å². The first-order valence-corrected chi connectivity index (χ1v) is 9.40. The van der Waals surface area contributed by atoms with Gasteiger partial charge in [-0.2, -0.15) is 0 Å². The summed E-state index contributed by atoms with van der Waals surface area (Å²) in [5.74, 6) is 1.08. The van der Waals surface area contributed by atoms with Crippen molar-refractivity contribution >= 4 is 22.3 Å². The van der Waals surface area contributed by atoms with Gasteiger partial charge in [0.05, 0.1) is 13.2 Å². The number of aryl methyl sites for hydroxylation is 1. The zero-order valence-electron chi connectivity index (χ0n) is 14.0. The second-order valence-corrected chi connectivity index (χ2v) is 7.67. The molecular weight excluding hydrogens is 322 g/mol. The van der Waals surface area contributed by atoms with Gasteiger partial charge in [0.15, 0.2) is 0 Å². The van der Waals surface area contributed by atoms with E-state index in [4.69, 9.17) is 9.72 Å². The van der Waals surface area contributed by atoms with Crippen LogP contribution in [0.3, 0.4) is 0 Å². The van der Waals surface area contributed by atoms with E-state index in [1.165, 1.54) is 12.8 Å². The maximum absolute atomic E-state index is 5.99. The summed E-state index contributed by atoms with van der Waals surface area (Å²) in [4.78, 5) is 9.48. The third-order valence-electron chi connectivity index (χ3n) is 4.92. The molecule has 0 N–H and O–H groups in total. The second kappa shape index (κ2) is 6.64. The van der Waals surface area contributed by atoms with E-state index in [0.717, 1.165) is 56.0 Å². The number of hydrogen-bond donors (Lipinski definition) is 0. The molecule has 0 saturated carbocycles. The Morgan fingerprint density at radius 3 is 2.96 bits per heavy atom. The Morgan fingerprint density at radius 1 is 1.21 bits per heavy atom. The van der Waals surface area contributed by atoms with Crippen LogP contribution in [0.5, 0.6) is 0 Å². The normalized spacial score (nSPS) is 25.0. The second-order valence-electron chi connectivity index (χ2n) is 6.86. The van der Waals surface area contributed by atoms with Crippen LogP contribution in [-0.4, -0.2) is 54.6 Å². The van der Waals surface area contributed by atoms with Crippen molar-refractivity contribution < 1.29 is 4.74 Å². The van der Waals surface area contributed by atoms with Crippen molar-refractivity contribution in [3.8, 4) is 0 Å². The van der Waals surface area contributed by atoms with Gasteiger partial charge < -0.3 is 14.5 Å². The first-order valence-electron chi connectivity index (χ1n) is 8.52. The van der Waals surface area contributed by atoms with Crippen LogP contribution in [0.2, 0.25) is 0 Å². The highest BCUT2D eigenvalue weighted by molar-refractivity contribution is 7.13. The molecule has 4 rings (SSSR count). The summed E-state index contributed by atoms with van der Waals surface area (Å²) in [6.45, 7) is 7.53. The number of pyridine rings is 1. The van der Waals surface area contributed by atoms with Gasteiger partial charge in [0, 0.05) is 37.3 Å². The lowest BCUT2D eigenvalue weighted by molar-refractivity contribution is 0.0597. The average Bonchev–Trinajstić information content (AvgIpc) is 3.06. The highest BCUT2D eigenvalue weighted by Gasteiger charge is 2.40. The molecule has 2 fully saturated rings. The maximum Gasteiger partial charge on any atom is 0.208 e. The van der Waals surface area contributed by atoms with E-state index in [1.54, 1.807) is 16.8 Å². The van der Waals surface area contributed by atoms with E-state index in [-0.39, 0.29) is 5.41 Å². The van der Waals surface area contributed by atoms with E-state index in [2.05, 4.69) is 45.1 Å². The molecule has 2 aromatic heterocycles. The van der Waals surface area contributed by atoms with Gasteiger partial charge in [0.25, 0.3) is 0 Å². The molecule has 0 aromatic carbocycles. The van der Waals surface area contributed by atoms with Crippen LogP contribution in [-0.2, 0) is 4.74 Å². The van der Waals surface area contributed by atoms with Crippen LogP contribution in [0.4, 0.5) is 10.9 Å². The molecule has 2 aliphatic rings. The van der Waals surface area contributed by atoms with Crippen LogP contribution < -0.4 is 9.80 Å². The summed E-state index contributed by atoms with van der Waals surface area (Å²) in [6, 6.07) is 6.26. The lowest BCUT2D eigenvalue weighted by Crippen LogP contribution is -2.51. The Hall–Kier alpha value is -1.73. The molecule has 128 valence electrons. The fourth-order valence-electron chi connectivity index (χ4n) is 3.82. The van der Waals surface area contributed by atoms with Crippen LogP contribution in [0.25, 0.3) is 0 Å². The lowest BCUT2D eigenvalue weighted by Gasteiger charge is -2.44. The van der Waals surface area contributed by atoms with Gasteiger partial charge in [0.1, 0.15) is 11.3 Å². The fourth-order valence-corrected chi connectivity index (χ4v) is 4.40. The maximum atomic E-state index is 5.99. The molecule has 1 spiro atoms. The van der Waals surface area contributed by atoms with E-state index in [1.807, 2.05) is 0 Å². The first-order chi connectivity index (χ1) is 11.7. The summed E-state index contributed by atoms with van der Waals surface area (Å²) in [5.41, 5.74) is 3.00. The quantitative estimate of drug-likeness (QED) is 0.833. The van der Waals surface area contributed by atoms with Crippen LogP contribution in [0.1, 0.15) is 18.5 Å². The third kappa shape index (κ3) is 3.23. The Morgan fingerprint density at radius 2 is 2.12 bits per heavy atom. The molecular formula is C17H23N5OS. The molecule has 1 atom stereocenters. The minimum absolute atomic E-state index is 0.131. The Bertz CT molecular complexity index is 679. The summed E-state index contributed by atoms with van der Waals surface area (Å²) >= 11 is 1.61. The van der Waals surface area contributed by atoms with Crippen molar-refractivity contribution in [2.75, 3.05) is 49.2 Å². The molecule has 0 aliphatic carbocycles. The van der Waals surface area contributed by atoms with Gasteiger partial charge >= 0.3 is 0 Å². The number of nitrogens with zero attached hydrogens (tertiary/aromatic N) is 5. The predicted molar refractivity (Wildman–Crippen MR) is 95.8 cm³/mol. The van der Waals surface area contributed by atoms with Gasteiger partial charge in [-0.05, 0) is 31.9 Å². The van der Waals surface area contributed by atoms with Crippen LogP contribution in [0, 0.1) is 12.3 Å². The Balaban J connectivity index is 1.56. The third-order valence-corrected chi connectivity index (χ3v) is 5.67. The van der Waals surface area contributed by atoms with E-state index in [9.17, 15) is 0 Å². The number of ether oxygens (including phenoxy) is 1. The topological polar surface area (TPSA) is 54.4 Å². The van der Waals surface area contributed by atoms with Crippen molar-refractivity contribution in [1.82, 2.24) is 15.2 Å². The van der Waals surface area contributed by atoms with Crippen molar-refractivity contribution in [3.63, 3.8) is 0 Å². The molecule has 1 unspecified atom stereocenters. The number of aromatic nitrogens is 3. The van der Waals surface area contributed by atoms with E-state index < -0.39 is 0 Å². The van der Waals surface area contributed by atoms with Crippen LogP contribution in [0.15, 0.2) is 23.7 Å². The van der Waals surface area contributed by atoms with Gasteiger partial charge in [0.2, 0.25) is 5.13 Å². The van der Waals surface area contributed by atoms with E-state index >= 15 is 0 Å². The molecule has 4 heterocycles. The molecule has 2 saturated heterocycles. The number of anilines is 2. The van der Waals surface area contributed by atoms with Crippen molar-refractivity contribution in [1.29, 1.82) is 0 Å². The minimum Gasteiger partial charge on any atom is -0.379 e. The molecule has 7 heteroatoms. The molecule has 2 aliphatic heterocycles. The highest BCUT2D eigenvalue weighted by Crippen LogP contribution is 2.36. The van der Waals surface area contributed by atoms with Gasteiger partial charge in [-0.15, -0.1) is 10.2 Å². The number of piperidine rings is 1. The van der Waals surface area contributed by atoms with Gasteiger partial charge in [-0.1, -0.05) is 17.4 Å². The number of rotatable bonds is 2. The smallest absolute Gasteiger partial charge is 0.208 e. The Kier molecular flexibility index (Phi) is 4.37. The Labute approximate surface area is 146 Å². The van der Waals surface area contributed by atoms with Crippen LogP contribution >= 0.6 is 11.3 Å². The molecule has 6 nitrogen and oxygen atoms in total. The summed E-state index contributed by atoms with van der Waals surface area (Å²) in [6.07, 6.45) is 2.35. The highest BCUT2D eigenvalue weighted by atomic mass is 32.1. The standard InChI is InChI=1S/C17H23N5OS/c1-14-4-2-5-15(19-14)21-7-3-6-17(10-21)11-22(8-9-23-12-17)16-20-18-13-24-16/h2,4-5,13H,3,6-12H2,1H3. The largest absolute Gasteiger partial charge is 0.379 e. The molecule has 24 heavy (non-hydrogen) atoms.